The summed E-state index contributed by atoms with van der Waals surface area (Å²) in [6, 6.07) is 1.78. The number of nitrogens with zero attached hydrogens (tertiary/aromatic N) is 2. The van der Waals surface area contributed by atoms with E-state index in [1.165, 1.54) is 0 Å². The number of aliphatic hydroxyl groups is 1. The summed E-state index contributed by atoms with van der Waals surface area (Å²) in [6.07, 6.45) is 1.91. The maximum Gasteiger partial charge on any atom is 0.271 e. The highest BCUT2D eigenvalue weighted by molar-refractivity contribution is 9.10. The van der Waals surface area contributed by atoms with Crippen LogP contribution in [0.3, 0.4) is 0 Å². The second-order valence-corrected chi connectivity index (χ2v) is 5.87. The minimum atomic E-state index is -0.254. The van der Waals surface area contributed by atoms with Gasteiger partial charge in [-0.3, -0.25) is 4.79 Å². The predicted molar refractivity (Wildman–Crippen MR) is 75.2 cm³/mol. The second kappa shape index (κ2) is 6.07. The molecular weight excluding hydrogens is 312 g/mol. The van der Waals surface area contributed by atoms with Crippen molar-refractivity contribution >= 4 is 21.8 Å². The van der Waals surface area contributed by atoms with E-state index >= 15 is 0 Å². The lowest BCUT2D eigenvalue weighted by Crippen LogP contribution is -2.50. The Labute approximate surface area is 121 Å². The van der Waals surface area contributed by atoms with E-state index in [0.717, 1.165) is 4.47 Å². The van der Waals surface area contributed by atoms with Gasteiger partial charge in [-0.15, -0.1) is 0 Å². The van der Waals surface area contributed by atoms with Crippen molar-refractivity contribution in [1.82, 2.24) is 9.47 Å². The van der Waals surface area contributed by atoms with E-state index < -0.39 is 0 Å². The topological polar surface area (TPSA) is 54.7 Å². The Morgan fingerprint density at radius 2 is 2.37 bits per heavy atom. The lowest BCUT2D eigenvalue weighted by Gasteiger charge is -2.34. The number of carbonyl (C=O) groups is 1. The fraction of sp³-hybridized carbons (Fsp3) is 0.615. The number of amides is 1. The standard InChI is InChI=1S/C13H19BrN2O3/c1-9(2)16-6-10(14)5-12(16)13(18)15-3-4-19-8-11(15)7-17/h5-6,9,11,17H,3-4,7-8H2,1-2H3. The van der Waals surface area contributed by atoms with Crippen LogP contribution in [0.25, 0.3) is 0 Å². The molecule has 1 aliphatic rings. The molecule has 2 rings (SSSR count). The number of carbonyl (C=O) groups excluding carboxylic acids is 1. The molecule has 2 heterocycles. The van der Waals surface area contributed by atoms with Crippen molar-refractivity contribution in [1.29, 1.82) is 0 Å². The average Bonchev–Trinajstić information content (AvgIpc) is 2.80. The molecule has 1 saturated heterocycles. The van der Waals surface area contributed by atoms with Crippen LogP contribution in [0.2, 0.25) is 0 Å². The van der Waals surface area contributed by atoms with Crippen molar-refractivity contribution in [3.8, 4) is 0 Å². The van der Waals surface area contributed by atoms with Crippen molar-refractivity contribution in [2.45, 2.75) is 25.9 Å². The van der Waals surface area contributed by atoms with Crippen LogP contribution in [-0.4, -0.2) is 52.9 Å². The number of aliphatic hydroxyl groups excluding tert-OH is 1. The second-order valence-electron chi connectivity index (χ2n) is 4.95. The summed E-state index contributed by atoms with van der Waals surface area (Å²) in [7, 11) is 0. The molecule has 1 aromatic heterocycles. The highest BCUT2D eigenvalue weighted by Gasteiger charge is 2.29. The molecule has 1 N–H and O–H groups in total. The summed E-state index contributed by atoms with van der Waals surface area (Å²) in [6.45, 7) is 5.43. The molecule has 0 bridgehead atoms. The van der Waals surface area contributed by atoms with Gasteiger partial charge in [0.05, 0.1) is 25.9 Å². The molecule has 1 atom stereocenters. The minimum Gasteiger partial charge on any atom is -0.394 e. The molecule has 0 spiro atoms. The van der Waals surface area contributed by atoms with Crippen LogP contribution in [-0.2, 0) is 4.74 Å². The monoisotopic (exact) mass is 330 g/mol. The minimum absolute atomic E-state index is 0.0539. The Morgan fingerprint density at radius 1 is 1.63 bits per heavy atom. The zero-order chi connectivity index (χ0) is 14.0. The first-order chi connectivity index (χ1) is 9.04. The van der Waals surface area contributed by atoms with Gasteiger partial charge >= 0.3 is 0 Å². The van der Waals surface area contributed by atoms with E-state index in [1.807, 2.05) is 30.7 Å². The van der Waals surface area contributed by atoms with Gasteiger partial charge in [-0.25, -0.2) is 0 Å². The zero-order valence-electron chi connectivity index (χ0n) is 11.2. The number of ether oxygens (including phenoxy) is 1. The van der Waals surface area contributed by atoms with Crippen molar-refractivity contribution in [3.05, 3.63) is 22.4 Å². The number of hydrogen-bond acceptors (Lipinski definition) is 3. The SMILES string of the molecule is CC(C)n1cc(Br)cc1C(=O)N1CCOCC1CO. The predicted octanol–water partition coefficient (Wildman–Crippen LogP) is 1.66. The van der Waals surface area contributed by atoms with Gasteiger partial charge in [0.1, 0.15) is 5.69 Å². The third kappa shape index (κ3) is 3.01. The summed E-state index contributed by atoms with van der Waals surface area (Å²) in [5.74, 6) is -0.0539. The fourth-order valence-corrected chi connectivity index (χ4v) is 2.70. The number of hydrogen-bond donors (Lipinski definition) is 1. The summed E-state index contributed by atoms with van der Waals surface area (Å²) in [4.78, 5) is 14.3. The maximum absolute atomic E-state index is 12.6. The Hall–Kier alpha value is -0.850. The van der Waals surface area contributed by atoms with Gasteiger partial charge in [-0.2, -0.15) is 0 Å². The first kappa shape index (κ1) is 14.6. The normalized spacial score (nSPS) is 20.1. The molecule has 0 saturated carbocycles. The number of halogens is 1. The van der Waals surface area contributed by atoms with Gasteiger partial charge in [0.25, 0.3) is 5.91 Å². The molecule has 1 aliphatic heterocycles. The Balaban J connectivity index is 2.27. The van der Waals surface area contributed by atoms with E-state index in [9.17, 15) is 9.90 Å². The fourth-order valence-electron chi connectivity index (χ4n) is 2.26. The summed E-state index contributed by atoms with van der Waals surface area (Å²) >= 11 is 3.41. The van der Waals surface area contributed by atoms with E-state index in [0.29, 0.717) is 25.5 Å². The summed E-state index contributed by atoms with van der Waals surface area (Å²) in [5.41, 5.74) is 0.641. The molecular formula is C13H19BrN2O3. The molecule has 106 valence electrons. The average molecular weight is 331 g/mol. The van der Waals surface area contributed by atoms with Gasteiger partial charge in [0, 0.05) is 23.3 Å². The first-order valence-corrected chi connectivity index (χ1v) is 7.20. The maximum atomic E-state index is 12.6. The Kier molecular flexibility index (Phi) is 4.65. The largest absolute Gasteiger partial charge is 0.394 e. The molecule has 0 aromatic carbocycles. The van der Waals surface area contributed by atoms with Crippen molar-refractivity contribution < 1.29 is 14.6 Å². The highest BCUT2D eigenvalue weighted by Crippen LogP contribution is 2.22. The lowest BCUT2D eigenvalue weighted by molar-refractivity contribution is -0.0189. The quantitative estimate of drug-likeness (QED) is 0.917. The molecule has 6 heteroatoms. The van der Waals surface area contributed by atoms with Gasteiger partial charge in [-0.1, -0.05) is 0 Å². The number of aromatic nitrogens is 1. The van der Waals surface area contributed by atoms with Crippen LogP contribution in [0.15, 0.2) is 16.7 Å². The lowest BCUT2D eigenvalue weighted by atomic mass is 10.2. The highest BCUT2D eigenvalue weighted by atomic mass is 79.9. The molecule has 1 fully saturated rings. The van der Waals surface area contributed by atoms with E-state index in [2.05, 4.69) is 15.9 Å². The Bertz CT molecular complexity index is 459. The third-order valence-corrected chi connectivity index (χ3v) is 3.72. The van der Waals surface area contributed by atoms with Crippen LogP contribution >= 0.6 is 15.9 Å². The van der Waals surface area contributed by atoms with Crippen LogP contribution in [0.1, 0.15) is 30.4 Å². The summed E-state index contributed by atoms with van der Waals surface area (Å²) in [5, 5.41) is 9.35. The smallest absolute Gasteiger partial charge is 0.271 e. The summed E-state index contributed by atoms with van der Waals surface area (Å²) < 4.78 is 8.13. The van der Waals surface area contributed by atoms with Crippen LogP contribution in [0, 0.1) is 0 Å². The molecule has 0 radical (unpaired) electrons. The zero-order valence-corrected chi connectivity index (χ0v) is 12.8. The molecule has 5 nitrogen and oxygen atoms in total. The molecule has 1 aromatic rings. The van der Waals surface area contributed by atoms with Gasteiger partial charge in [0.15, 0.2) is 0 Å². The molecule has 0 aliphatic carbocycles. The first-order valence-electron chi connectivity index (χ1n) is 6.41. The van der Waals surface area contributed by atoms with E-state index in [4.69, 9.17) is 4.74 Å². The van der Waals surface area contributed by atoms with Crippen LogP contribution in [0.5, 0.6) is 0 Å². The Morgan fingerprint density at radius 3 is 3.00 bits per heavy atom. The van der Waals surface area contributed by atoms with Crippen molar-refractivity contribution in [3.63, 3.8) is 0 Å². The van der Waals surface area contributed by atoms with Crippen LogP contribution in [0.4, 0.5) is 0 Å². The molecule has 1 amide bonds. The number of morpholine rings is 1. The number of rotatable bonds is 3. The van der Waals surface area contributed by atoms with Gasteiger partial charge in [0.2, 0.25) is 0 Å². The van der Waals surface area contributed by atoms with E-state index in [-0.39, 0.29) is 24.6 Å². The third-order valence-electron chi connectivity index (χ3n) is 3.29. The molecule has 1 unspecified atom stereocenters. The van der Waals surface area contributed by atoms with Crippen molar-refractivity contribution in [2.24, 2.45) is 0 Å². The van der Waals surface area contributed by atoms with Gasteiger partial charge in [-0.05, 0) is 35.8 Å². The molecule has 19 heavy (non-hydrogen) atoms. The van der Waals surface area contributed by atoms with E-state index in [1.54, 1.807) is 4.90 Å². The van der Waals surface area contributed by atoms with Crippen molar-refractivity contribution in [2.75, 3.05) is 26.4 Å². The van der Waals surface area contributed by atoms with Gasteiger partial charge < -0.3 is 19.3 Å². The van der Waals surface area contributed by atoms with Crippen LogP contribution < -0.4 is 0 Å².